The van der Waals surface area contributed by atoms with Gasteiger partial charge in [0.15, 0.2) is 11.5 Å². The van der Waals surface area contributed by atoms with Crippen molar-refractivity contribution in [2.45, 2.75) is 39.3 Å². The molecule has 1 amide bonds. The number of carbonyl (C=O) groups is 1. The van der Waals surface area contributed by atoms with Crippen molar-refractivity contribution in [2.24, 2.45) is 0 Å². The molecule has 0 aromatic heterocycles. The van der Waals surface area contributed by atoms with Gasteiger partial charge in [0.2, 0.25) is 5.91 Å². The smallest absolute Gasteiger partial charge is 0.220 e. The lowest BCUT2D eigenvalue weighted by atomic mass is 10.1. The van der Waals surface area contributed by atoms with E-state index in [0.29, 0.717) is 30.9 Å². The molecule has 0 atom stereocenters. The molecule has 26 heavy (non-hydrogen) atoms. The van der Waals surface area contributed by atoms with E-state index in [9.17, 15) is 4.79 Å². The van der Waals surface area contributed by atoms with Crippen LogP contribution in [0.4, 0.5) is 0 Å². The summed E-state index contributed by atoms with van der Waals surface area (Å²) < 4.78 is 16.2. The molecule has 0 aliphatic heterocycles. The van der Waals surface area contributed by atoms with Crippen molar-refractivity contribution in [1.82, 2.24) is 5.32 Å². The maximum atomic E-state index is 12.1. The summed E-state index contributed by atoms with van der Waals surface area (Å²) in [6.07, 6.45) is 1.21. The zero-order chi connectivity index (χ0) is 18.9. The first-order valence-electron chi connectivity index (χ1n) is 8.75. The van der Waals surface area contributed by atoms with Crippen LogP contribution in [0.3, 0.4) is 0 Å². The van der Waals surface area contributed by atoms with E-state index in [1.165, 1.54) is 0 Å². The average molecular weight is 357 g/mol. The predicted molar refractivity (Wildman–Crippen MR) is 102 cm³/mol. The molecule has 0 saturated heterocycles. The molecule has 0 heterocycles. The fourth-order valence-corrected chi connectivity index (χ4v) is 2.51. The molecule has 1 N–H and O–H groups in total. The Morgan fingerprint density at radius 3 is 2.27 bits per heavy atom. The van der Waals surface area contributed by atoms with E-state index in [4.69, 9.17) is 14.2 Å². The minimum Gasteiger partial charge on any atom is -0.497 e. The third-order valence-electron chi connectivity index (χ3n) is 3.88. The van der Waals surface area contributed by atoms with Gasteiger partial charge < -0.3 is 19.5 Å². The molecule has 2 aromatic rings. The van der Waals surface area contributed by atoms with Gasteiger partial charge in [0.25, 0.3) is 0 Å². The molecule has 0 unspecified atom stereocenters. The molecule has 0 spiro atoms. The summed E-state index contributed by atoms with van der Waals surface area (Å²) >= 11 is 0. The lowest BCUT2D eigenvalue weighted by molar-refractivity contribution is -0.121. The summed E-state index contributed by atoms with van der Waals surface area (Å²) in [5.74, 6) is 2.21. The molecule has 2 aromatic carbocycles. The molecule has 140 valence electrons. The SMILES string of the molecule is COc1ccc(CCC(=O)NCc2ccc(OC(C)C)c(OC)c2)cc1. The summed E-state index contributed by atoms with van der Waals surface area (Å²) in [5, 5.41) is 2.94. The molecule has 0 aliphatic carbocycles. The number of nitrogens with one attached hydrogen (secondary N) is 1. The largest absolute Gasteiger partial charge is 0.497 e. The van der Waals surface area contributed by atoms with E-state index >= 15 is 0 Å². The summed E-state index contributed by atoms with van der Waals surface area (Å²) in [7, 11) is 3.25. The second kappa shape index (κ2) is 9.70. The fraction of sp³-hybridized carbons (Fsp3) is 0.381. The highest BCUT2D eigenvalue weighted by Crippen LogP contribution is 2.28. The molecule has 5 nitrogen and oxygen atoms in total. The molecule has 5 heteroatoms. The molecule has 0 aliphatic rings. The van der Waals surface area contributed by atoms with Crippen LogP contribution in [0.2, 0.25) is 0 Å². The number of methoxy groups -OCH3 is 2. The molecular weight excluding hydrogens is 330 g/mol. The van der Waals surface area contributed by atoms with Gasteiger partial charge in [-0.1, -0.05) is 18.2 Å². The Hall–Kier alpha value is -2.69. The van der Waals surface area contributed by atoms with E-state index in [-0.39, 0.29) is 12.0 Å². The maximum Gasteiger partial charge on any atom is 0.220 e. The number of benzene rings is 2. The number of rotatable bonds is 9. The Balaban J connectivity index is 1.84. The Bertz CT molecular complexity index is 710. The third-order valence-corrected chi connectivity index (χ3v) is 3.88. The van der Waals surface area contributed by atoms with Crippen LogP contribution in [0, 0.1) is 0 Å². The Morgan fingerprint density at radius 2 is 1.65 bits per heavy atom. The zero-order valence-corrected chi connectivity index (χ0v) is 15.9. The van der Waals surface area contributed by atoms with Crippen LogP contribution >= 0.6 is 0 Å². The van der Waals surface area contributed by atoms with Crippen molar-refractivity contribution >= 4 is 5.91 Å². The Morgan fingerprint density at radius 1 is 0.962 bits per heavy atom. The Kier molecular flexibility index (Phi) is 7.33. The Labute approximate surface area is 155 Å². The highest BCUT2D eigenvalue weighted by molar-refractivity contribution is 5.76. The van der Waals surface area contributed by atoms with Gasteiger partial charge in [0.05, 0.1) is 20.3 Å². The van der Waals surface area contributed by atoms with Gasteiger partial charge in [-0.05, 0) is 55.7 Å². The molecule has 0 fully saturated rings. The molecular formula is C21H27NO4. The van der Waals surface area contributed by atoms with Gasteiger partial charge in [-0.3, -0.25) is 4.79 Å². The van der Waals surface area contributed by atoms with Crippen molar-refractivity contribution in [3.05, 3.63) is 53.6 Å². The first-order chi connectivity index (χ1) is 12.5. The van der Waals surface area contributed by atoms with Gasteiger partial charge in [-0.15, -0.1) is 0 Å². The molecule has 0 saturated carbocycles. The van der Waals surface area contributed by atoms with Crippen molar-refractivity contribution in [3.8, 4) is 17.2 Å². The first kappa shape index (κ1) is 19.6. The van der Waals surface area contributed by atoms with E-state index in [2.05, 4.69) is 5.32 Å². The van der Waals surface area contributed by atoms with Gasteiger partial charge in [-0.2, -0.15) is 0 Å². The summed E-state index contributed by atoms with van der Waals surface area (Å²) in [6, 6.07) is 13.5. The van der Waals surface area contributed by atoms with Gasteiger partial charge in [0.1, 0.15) is 5.75 Å². The second-order valence-corrected chi connectivity index (χ2v) is 6.28. The lowest BCUT2D eigenvalue weighted by Crippen LogP contribution is -2.23. The standard InChI is InChI=1S/C21H27NO4/c1-15(2)26-19-11-7-17(13-20(19)25-4)14-22-21(23)12-8-16-5-9-18(24-3)10-6-16/h5-7,9-11,13,15H,8,12,14H2,1-4H3,(H,22,23). The topological polar surface area (TPSA) is 56.8 Å². The fourth-order valence-electron chi connectivity index (χ4n) is 2.51. The summed E-state index contributed by atoms with van der Waals surface area (Å²) in [6.45, 7) is 4.40. The maximum absolute atomic E-state index is 12.1. The van der Waals surface area contributed by atoms with Crippen LogP contribution in [-0.4, -0.2) is 26.2 Å². The minimum atomic E-state index is 0.0160. The number of amides is 1. The highest BCUT2D eigenvalue weighted by atomic mass is 16.5. The number of aryl methyl sites for hydroxylation is 1. The van der Waals surface area contributed by atoms with Crippen LogP contribution < -0.4 is 19.5 Å². The number of carbonyl (C=O) groups excluding carboxylic acids is 1. The van der Waals surface area contributed by atoms with Crippen LogP contribution in [0.1, 0.15) is 31.4 Å². The molecule has 0 radical (unpaired) electrons. The van der Waals surface area contributed by atoms with Gasteiger partial charge in [0, 0.05) is 13.0 Å². The van der Waals surface area contributed by atoms with Crippen molar-refractivity contribution in [1.29, 1.82) is 0 Å². The van der Waals surface area contributed by atoms with Gasteiger partial charge >= 0.3 is 0 Å². The zero-order valence-electron chi connectivity index (χ0n) is 15.9. The van der Waals surface area contributed by atoms with E-state index in [1.54, 1.807) is 14.2 Å². The average Bonchev–Trinajstić information content (AvgIpc) is 2.65. The highest BCUT2D eigenvalue weighted by Gasteiger charge is 2.09. The second-order valence-electron chi connectivity index (χ2n) is 6.28. The first-order valence-corrected chi connectivity index (χ1v) is 8.75. The molecule has 2 rings (SSSR count). The van der Waals surface area contributed by atoms with Crippen molar-refractivity contribution in [3.63, 3.8) is 0 Å². The van der Waals surface area contributed by atoms with E-state index in [1.807, 2.05) is 56.3 Å². The van der Waals surface area contributed by atoms with E-state index in [0.717, 1.165) is 16.9 Å². The summed E-state index contributed by atoms with van der Waals surface area (Å²) in [4.78, 5) is 12.1. The lowest BCUT2D eigenvalue weighted by Gasteiger charge is -2.14. The normalized spacial score (nSPS) is 10.5. The van der Waals surface area contributed by atoms with Gasteiger partial charge in [-0.25, -0.2) is 0 Å². The predicted octanol–water partition coefficient (Wildman–Crippen LogP) is 3.74. The summed E-state index contributed by atoms with van der Waals surface area (Å²) in [5.41, 5.74) is 2.08. The van der Waals surface area contributed by atoms with Crippen molar-refractivity contribution < 1.29 is 19.0 Å². The third kappa shape index (κ3) is 5.99. The van der Waals surface area contributed by atoms with Crippen LogP contribution in [0.15, 0.2) is 42.5 Å². The van der Waals surface area contributed by atoms with Crippen LogP contribution in [0.25, 0.3) is 0 Å². The number of hydrogen-bond acceptors (Lipinski definition) is 4. The monoisotopic (exact) mass is 357 g/mol. The van der Waals surface area contributed by atoms with Crippen molar-refractivity contribution in [2.75, 3.05) is 14.2 Å². The van der Waals surface area contributed by atoms with Crippen LogP contribution in [-0.2, 0) is 17.8 Å². The quantitative estimate of drug-likeness (QED) is 0.743. The molecule has 0 bridgehead atoms. The number of hydrogen-bond donors (Lipinski definition) is 1. The van der Waals surface area contributed by atoms with Crippen LogP contribution in [0.5, 0.6) is 17.2 Å². The minimum absolute atomic E-state index is 0.0160. The van der Waals surface area contributed by atoms with E-state index < -0.39 is 0 Å². The number of ether oxygens (including phenoxy) is 3.